The van der Waals surface area contributed by atoms with E-state index in [2.05, 4.69) is 20.9 Å². The van der Waals surface area contributed by atoms with Gasteiger partial charge in [0.1, 0.15) is 0 Å². The minimum atomic E-state index is -0.0501. The van der Waals surface area contributed by atoms with Crippen molar-refractivity contribution in [2.24, 2.45) is 0 Å². The van der Waals surface area contributed by atoms with Crippen LogP contribution in [0.2, 0.25) is 0 Å². The number of halogens is 1. The minimum absolute atomic E-state index is 0.0501. The van der Waals surface area contributed by atoms with Crippen molar-refractivity contribution in [3.05, 3.63) is 58.5 Å². The quantitative estimate of drug-likeness (QED) is 0.831. The number of benzene rings is 1. The van der Waals surface area contributed by atoms with Gasteiger partial charge >= 0.3 is 0 Å². The Balaban J connectivity index is 2.57. The highest BCUT2D eigenvalue weighted by molar-refractivity contribution is 9.08. The first-order valence-corrected chi connectivity index (χ1v) is 5.76. The van der Waals surface area contributed by atoms with Crippen molar-refractivity contribution in [1.82, 2.24) is 4.98 Å². The number of hydrogen-bond donors (Lipinski definition) is 1. The monoisotopic (exact) mass is 263 g/mol. The molecule has 0 aliphatic carbocycles. The van der Waals surface area contributed by atoms with Gasteiger partial charge in [-0.05, 0) is 17.2 Å². The van der Waals surface area contributed by atoms with Gasteiger partial charge in [0.25, 0.3) is 5.56 Å². The summed E-state index contributed by atoms with van der Waals surface area (Å²) in [5.41, 5.74) is 2.67. The van der Waals surface area contributed by atoms with Crippen LogP contribution in [0.5, 0.6) is 0 Å². The summed E-state index contributed by atoms with van der Waals surface area (Å²) >= 11 is 3.37. The van der Waals surface area contributed by atoms with Gasteiger partial charge in [-0.15, -0.1) is 0 Å². The second kappa shape index (κ2) is 4.45. The number of aromatic nitrogens is 1. The van der Waals surface area contributed by atoms with Gasteiger partial charge < -0.3 is 4.98 Å². The van der Waals surface area contributed by atoms with Crippen molar-refractivity contribution in [3.8, 4) is 11.1 Å². The lowest BCUT2D eigenvalue weighted by Gasteiger charge is -2.01. The van der Waals surface area contributed by atoms with E-state index in [0.29, 0.717) is 5.56 Å². The molecule has 1 aromatic heterocycles. The number of hydrogen-bond acceptors (Lipinski definition) is 1. The fraction of sp³-hybridized carbons (Fsp3) is 0.0833. The van der Waals surface area contributed by atoms with Crippen molar-refractivity contribution in [2.75, 3.05) is 0 Å². The molecular formula is C12H10BrNO. The Hall–Kier alpha value is -1.35. The maximum Gasteiger partial charge on any atom is 0.255 e. The summed E-state index contributed by atoms with van der Waals surface area (Å²) in [4.78, 5) is 14.3. The second-order valence-electron chi connectivity index (χ2n) is 3.25. The number of alkyl halides is 1. The van der Waals surface area contributed by atoms with Crippen LogP contribution in [0.15, 0.2) is 47.4 Å². The summed E-state index contributed by atoms with van der Waals surface area (Å²) in [6.45, 7) is 0. The van der Waals surface area contributed by atoms with Crippen LogP contribution < -0.4 is 5.56 Å². The molecule has 0 saturated carbocycles. The first kappa shape index (κ1) is 10.2. The average Bonchev–Trinajstić information content (AvgIpc) is 2.31. The smallest absolute Gasteiger partial charge is 0.255 e. The third-order valence-corrected chi connectivity index (χ3v) is 2.85. The first-order chi connectivity index (χ1) is 7.31. The molecule has 0 unspecified atom stereocenters. The standard InChI is InChI=1S/C12H10BrNO/c13-7-9-6-11(12(15)14-8-9)10-4-2-1-3-5-10/h1-6,8H,7H2,(H,14,15). The van der Waals surface area contributed by atoms with E-state index < -0.39 is 0 Å². The van der Waals surface area contributed by atoms with Crippen molar-refractivity contribution >= 4 is 15.9 Å². The summed E-state index contributed by atoms with van der Waals surface area (Å²) < 4.78 is 0. The Morgan fingerprint density at radius 3 is 2.60 bits per heavy atom. The molecule has 0 fully saturated rings. The van der Waals surface area contributed by atoms with Crippen molar-refractivity contribution in [2.45, 2.75) is 5.33 Å². The molecule has 3 heteroatoms. The number of rotatable bonds is 2. The molecule has 0 radical (unpaired) electrons. The lowest BCUT2D eigenvalue weighted by atomic mass is 10.1. The van der Waals surface area contributed by atoms with Crippen LogP contribution in [0.25, 0.3) is 11.1 Å². The number of aromatic amines is 1. The summed E-state index contributed by atoms with van der Waals surface area (Å²) in [6.07, 6.45) is 1.73. The maximum absolute atomic E-state index is 11.6. The summed E-state index contributed by atoms with van der Waals surface area (Å²) in [5.74, 6) is 0. The number of H-pyrrole nitrogens is 1. The first-order valence-electron chi connectivity index (χ1n) is 4.64. The Bertz CT molecular complexity index is 505. The molecule has 0 spiro atoms. The third-order valence-electron chi connectivity index (χ3n) is 2.20. The second-order valence-corrected chi connectivity index (χ2v) is 3.81. The highest BCUT2D eigenvalue weighted by atomic mass is 79.9. The van der Waals surface area contributed by atoms with E-state index in [1.807, 2.05) is 36.4 Å². The van der Waals surface area contributed by atoms with E-state index in [-0.39, 0.29) is 5.56 Å². The molecule has 0 bridgehead atoms. The molecular weight excluding hydrogens is 254 g/mol. The fourth-order valence-electron chi connectivity index (χ4n) is 1.44. The average molecular weight is 264 g/mol. The molecule has 1 aromatic carbocycles. The van der Waals surface area contributed by atoms with Crippen molar-refractivity contribution in [1.29, 1.82) is 0 Å². The van der Waals surface area contributed by atoms with E-state index in [4.69, 9.17) is 0 Å². The highest BCUT2D eigenvalue weighted by Crippen LogP contribution is 2.16. The molecule has 1 N–H and O–H groups in total. The van der Waals surface area contributed by atoms with Gasteiger partial charge in [-0.1, -0.05) is 46.3 Å². The van der Waals surface area contributed by atoms with Crippen LogP contribution in [-0.2, 0) is 5.33 Å². The lowest BCUT2D eigenvalue weighted by Crippen LogP contribution is -2.08. The molecule has 0 atom stereocenters. The molecule has 2 aromatic rings. The van der Waals surface area contributed by atoms with Crippen molar-refractivity contribution < 1.29 is 0 Å². The molecule has 0 aliphatic rings. The van der Waals surface area contributed by atoms with Crippen LogP contribution in [-0.4, -0.2) is 4.98 Å². The van der Waals surface area contributed by atoms with Gasteiger partial charge in [-0.2, -0.15) is 0 Å². The lowest BCUT2D eigenvalue weighted by molar-refractivity contribution is 1.19. The number of pyridine rings is 1. The van der Waals surface area contributed by atoms with Gasteiger partial charge in [0, 0.05) is 17.1 Å². The van der Waals surface area contributed by atoms with Gasteiger partial charge in [-0.3, -0.25) is 4.79 Å². The predicted octanol–water partition coefficient (Wildman–Crippen LogP) is 2.94. The zero-order valence-corrected chi connectivity index (χ0v) is 9.62. The highest BCUT2D eigenvalue weighted by Gasteiger charge is 2.03. The van der Waals surface area contributed by atoms with E-state index in [1.165, 1.54) is 0 Å². The Morgan fingerprint density at radius 1 is 1.20 bits per heavy atom. The summed E-state index contributed by atoms with van der Waals surface area (Å²) in [5, 5.41) is 0.740. The zero-order valence-electron chi connectivity index (χ0n) is 8.03. The third kappa shape index (κ3) is 2.18. The van der Waals surface area contributed by atoms with Gasteiger partial charge in [-0.25, -0.2) is 0 Å². The number of nitrogens with one attached hydrogen (secondary N) is 1. The molecule has 0 saturated heterocycles. The molecule has 0 amide bonds. The van der Waals surface area contributed by atoms with Crippen LogP contribution in [0.4, 0.5) is 0 Å². The molecule has 2 rings (SSSR count). The van der Waals surface area contributed by atoms with Crippen molar-refractivity contribution in [3.63, 3.8) is 0 Å². The van der Waals surface area contributed by atoms with E-state index in [0.717, 1.165) is 16.5 Å². The SMILES string of the molecule is O=c1[nH]cc(CBr)cc1-c1ccccc1. The van der Waals surface area contributed by atoms with Crippen LogP contribution in [0, 0.1) is 0 Å². The predicted molar refractivity (Wildman–Crippen MR) is 65.1 cm³/mol. The van der Waals surface area contributed by atoms with E-state index in [1.54, 1.807) is 6.20 Å². The normalized spacial score (nSPS) is 10.2. The largest absolute Gasteiger partial charge is 0.328 e. The summed E-state index contributed by atoms with van der Waals surface area (Å²) in [6, 6.07) is 11.6. The minimum Gasteiger partial charge on any atom is -0.328 e. The molecule has 2 nitrogen and oxygen atoms in total. The van der Waals surface area contributed by atoms with Gasteiger partial charge in [0.2, 0.25) is 0 Å². The molecule has 76 valence electrons. The van der Waals surface area contributed by atoms with Gasteiger partial charge in [0.15, 0.2) is 0 Å². The molecule has 1 heterocycles. The van der Waals surface area contributed by atoms with E-state index >= 15 is 0 Å². The maximum atomic E-state index is 11.6. The Morgan fingerprint density at radius 2 is 1.93 bits per heavy atom. The van der Waals surface area contributed by atoms with E-state index in [9.17, 15) is 4.79 Å². The fourth-order valence-corrected chi connectivity index (χ4v) is 1.76. The van der Waals surface area contributed by atoms with Crippen LogP contribution in [0.3, 0.4) is 0 Å². The molecule has 15 heavy (non-hydrogen) atoms. The Labute approximate surface area is 96.1 Å². The van der Waals surface area contributed by atoms with Crippen LogP contribution >= 0.6 is 15.9 Å². The van der Waals surface area contributed by atoms with Gasteiger partial charge in [0.05, 0.1) is 0 Å². The van der Waals surface area contributed by atoms with Crippen LogP contribution in [0.1, 0.15) is 5.56 Å². The zero-order chi connectivity index (χ0) is 10.7. The topological polar surface area (TPSA) is 32.9 Å². The summed E-state index contributed by atoms with van der Waals surface area (Å²) in [7, 11) is 0. The molecule has 0 aliphatic heterocycles. The Kier molecular flexibility index (Phi) is 3.02.